The second-order valence-corrected chi connectivity index (χ2v) is 7.11. The third-order valence-corrected chi connectivity index (χ3v) is 5.32. The highest BCUT2D eigenvalue weighted by atomic mass is 16.5. The van der Waals surface area contributed by atoms with Crippen molar-refractivity contribution in [3.63, 3.8) is 0 Å². The summed E-state index contributed by atoms with van der Waals surface area (Å²) in [5, 5.41) is 0.397. The number of pyridine rings is 2. The largest absolute Gasteiger partial charge is 0.497 e. The molecule has 148 valence electrons. The van der Waals surface area contributed by atoms with Crippen LogP contribution in [-0.2, 0) is 0 Å². The van der Waals surface area contributed by atoms with Gasteiger partial charge in [0.15, 0.2) is 5.78 Å². The minimum Gasteiger partial charge on any atom is -0.497 e. The van der Waals surface area contributed by atoms with Crippen LogP contribution in [0.15, 0.2) is 53.6 Å². The molecule has 3 aromatic rings. The molecule has 1 N–H and O–H groups in total. The van der Waals surface area contributed by atoms with Crippen LogP contribution in [0.3, 0.4) is 0 Å². The minimum absolute atomic E-state index is 0.0664. The summed E-state index contributed by atoms with van der Waals surface area (Å²) >= 11 is 0. The van der Waals surface area contributed by atoms with E-state index in [0.29, 0.717) is 41.7 Å². The lowest BCUT2D eigenvalue weighted by atomic mass is 9.91. The number of ether oxygens (including phenoxy) is 1. The van der Waals surface area contributed by atoms with Crippen molar-refractivity contribution in [2.24, 2.45) is 5.92 Å². The summed E-state index contributed by atoms with van der Waals surface area (Å²) in [6.07, 6.45) is 4.43. The van der Waals surface area contributed by atoms with Crippen LogP contribution in [0.1, 0.15) is 33.7 Å². The van der Waals surface area contributed by atoms with Crippen LogP contribution < -0.4 is 10.2 Å². The number of methoxy groups -OCH3 is 1. The zero-order valence-electron chi connectivity index (χ0n) is 16.1. The SMILES string of the molecule is COc1ccc2[nH]cc(C(=O)N3CCCC(C(=O)c4ccccn4)C3)c(=O)c2c1. The van der Waals surface area contributed by atoms with Crippen molar-refractivity contribution in [2.75, 3.05) is 20.2 Å². The average molecular weight is 391 g/mol. The maximum Gasteiger partial charge on any atom is 0.259 e. The zero-order chi connectivity index (χ0) is 20.4. The highest BCUT2D eigenvalue weighted by molar-refractivity contribution is 5.99. The maximum atomic E-state index is 13.1. The second kappa shape index (κ2) is 7.87. The summed E-state index contributed by atoms with van der Waals surface area (Å²) in [5.41, 5.74) is 0.758. The first-order chi connectivity index (χ1) is 14.1. The number of benzene rings is 1. The summed E-state index contributed by atoms with van der Waals surface area (Å²) in [6.45, 7) is 0.796. The number of aromatic nitrogens is 2. The molecule has 2 aromatic heterocycles. The quantitative estimate of drug-likeness (QED) is 0.691. The summed E-state index contributed by atoms with van der Waals surface area (Å²) < 4.78 is 5.18. The number of piperidine rings is 1. The van der Waals surface area contributed by atoms with Gasteiger partial charge in [0.2, 0.25) is 5.43 Å². The fourth-order valence-electron chi connectivity index (χ4n) is 3.75. The van der Waals surface area contributed by atoms with Gasteiger partial charge in [-0.15, -0.1) is 0 Å². The Labute approximate surface area is 167 Å². The molecular formula is C22H21N3O4. The van der Waals surface area contributed by atoms with E-state index in [-0.39, 0.29) is 35.1 Å². The lowest BCUT2D eigenvalue weighted by Crippen LogP contribution is -2.43. The Bertz CT molecular complexity index is 1120. The Morgan fingerprint density at radius 2 is 2.10 bits per heavy atom. The van der Waals surface area contributed by atoms with Crippen LogP contribution >= 0.6 is 0 Å². The van der Waals surface area contributed by atoms with Crippen LogP contribution in [0, 0.1) is 5.92 Å². The van der Waals surface area contributed by atoms with Gasteiger partial charge in [0, 0.05) is 42.3 Å². The number of nitrogens with one attached hydrogen (secondary N) is 1. The van der Waals surface area contributed by atoms with Crippen LogP contribution in [0.4, 0.5) is 0 Å². The van der Waals surface area contributed by atoms with E-state index >= 15 is 0 Å². The van der Waals surface area contributed by atoms with Gasteiger partial charge in [-0.25, -0.2) is 0 Å². The van der Waals surface area contributed by atoms with Gasteiger partial charge >= 0.3 is 0 Å². The third kappa shape index (κ3) is 3.63. The van der Waals surface area contributed by atoms with Crippen molar-refractivity contribution in [2.45, 2.75) is 12.8 Å². The lowest BCUT2D eigenvalue weighted by Gasteiger charge is -2.31. The minimum atomic E-state index is -0.366. The van der Waals surface area contributed by atoms with E-state index in [1.807, 2.05) is 0 Å². The van der Waals surface area contributed by atoms with Crippen molar-refractivity contribution in [3.8, 4) is 5.75 Å². The molecule has 1 fully saturated rings. The topological polar surface area (TPSA) is 92.4 Å². The zero-order valence-corrected chi connectivity index (χ0v) is 16.1. The fourth-order valence-corrected chi connectivity index (χ4v) is 3.75. The number of carbonyl (C=O) groups excluding carboxylic acids is 2. The maximum absolute atomic E-state index is 13.1. The molecular weight excluding hydrogens is 370 g/mol. The van der Waals surface area contributed by atoms with E-state index < -0.39 is 0 Å². The molecule has 0 radical (unpaired) electrons. The molecule has 0 bridgehead atoms. The van der Waals surface area contributed by atoms with E-state index in [1.54, 1.807) is 47.5 Å². The Kier molecular flexibility index (Phi) is 5.12. The van der Waals surface area contributed by atoms with Gasteiger partial charge in [-0.3, -0.25) is 19.4 Å². The number of H-pyrrole nitrogens is 1. The van der Waals surface area contributed by atoms with Crippen molar-refractivity contribution < 1.29 is 14.3 Å². The summed E-state index contributed by atoms with van der Waals surface area (Å²) in [6, 6.07) is 10.3. The monoisotopic (exact) mass is 391 g/mol. The van der Waals surface area contributed by atoms with Gasteiger partial charge in [-0.2, -0.15) is 0 Å². The molecule has 1 aromatic carbocycles. The summed E-state index contributed by atoms with van der Waals surface area (Å²) in [5.74, 6) is -0.205. The van der Waals surface area contributed by atoms with Gasteiger partial charge in [-0.1, -0.05) is 6.07 Å². The Balaban J connectivity index is 1.60. The Hall–Kier alpha value is -3.48. The van der Waals surface area contributed by atoms with E-state index in [1.165, 1.54) is 13.3 Å². The van der Waals surface area contributed by atoms with E-state index in [0.717, 1.165) is 0 Å². The van der Waals surface area contributed by atoms with Crippen LogP contribution in [0.5, 0.6) is 5.75 Å². The highest BCUT2D eigenvalue weighted by Gasteiger charge is 2.31. The molecule has 7 heteroatoms. The van der Waals surface area contributed by atoms with Crippen LogP contribution in [-0.4, -0.2) is 46.8 Å². The van der Waals surface area contributed by atoms with Crippen molar-refractivity contribution in [1.82, 2.24) is 14.9 Å². The molecule has 1 amide bonds. The molecule has 29 heavy (non-hydrogen) atoms. The number of hydrogen-bond acceptors (Lipinski definition) is 5. The van der Waals surface area contributed by atoms with Gasteiger partial charge in [0.1, 0.15) is 17.0 Å². The summed E-state index contributed by atoms with van der Waals surface area (Å²) in [7, 11) is 1.52. The predicted octanol–water partition coefficient (Wildman–Crippen LogP) is 2.67. The smallest absolute Gasteiger partial charge is 0.259 e. The molecule has 1 saturated heterocycles. The van der Waals surface area contributed by atoms with Crippen LogP contribution in [0.25, 0.3) is 10.9 Å². The number of hydrogen-bond donors (Lipinski definition) is 1. The van der Waals surface area contributed by atoms with Crippen molar-refractivity contribution in [3.05, 3.63) is 70.3 Å². The fraction of sp³-hybridized carbons (Fsp3) is 0.273. The lowest BCUT2D eigenvalue weighted by molar-refractivity contribution is 0.0634. The number of nitrogens with zero attached hydrogens (tertiary/aromatic N) is 2. The van der Waals surface area contributed by atoms with E-state index in [2.05, 4.69) is 9.97 Å². The second-order valence-electron chi connectivity index (χ2n) is 7.11. The van der Waals surface area contributed by atoms with Crippen LogP contribution in [0.2, 0.25) is 0 Å². The number of fused-ring (bicyclic) bond motifs is 1. The first-order valence-corrected chi connectivity index (χ1v) is 9.52. The first-order valence-electron chi connectivity index (χ1n) is 9.52. The molecule has 0 spiro atoms. The molecule has 4 rings (SSSR count). The molecule has 1 aliphatic heterocycles. The number of rotatable bonds is 4. The molecule has 0 aliphatic carbocycles. The number of amides is 1. The van der Waals surface area contributed by atoms with Gasteiger partial charge in [0.05, 0.1) is 7.11 Å². The summed E-state index contributed by atoms with van der Waals surface area (Å²) in [4.78, 5) is 47.5. The molecule has 1 aliphatic rings. The molecule has 1 atom stereocenters. The normalized spacial score (nSPS) is 16.6. The predicted molar refractivity (Wildman–Crippen MR) is 108 cm³/mol. The Morgan fingerprint density at radius 3 is 2.86 bits per heavy atom. The standard InChI is InChI=1S/C22H21N3O4/c1-29-15-7-8-18-16(11-15)21(27)17(12-24-18)22(28)25-10-4-5-14(13-25)20(26)19-6-2-3-9-23-19/h2-3,6-9,11-12,14H,4-5,10,13H2,1H3,(H,24,27). The number of ketones is 1. The van der Waals surface area contributed by atoms with Crippen molar-refractivity contribution in [1.29, 1.82) is 0 Å². The third-order valence-electron chi connectivity index (χ3n) is 5.32. The van der Waals surface area contributed by atoms with Gasteiger partial charge in [-0.05, 0) is 43.2 Å². The van der Waals surface area contributed by atoms with E-state index in [4.69, 9.17) is 4.74 Å². The molecule has 0 saturated carbocycles. The van der Waals surface area contributed by atoms with Gasteiger partial charge < -0.3 is 14.6 Å². The average Bonchev–Trinajstić information content (AvgIpc) is 2.79. The number of aromatic amines is 1. The highest BCUT2D eigenvalue weighted by Crippen LogP contribution is 2.22. The molecule has 1 unspecified atom stereocenters. The Morgan fingerprint density at radius 1 is 1.24 bits per heavy atom. The molecule has 7 nitrogen and oxygen atoms in total. The van der Waals surface area contributed by atoms with E-state index in [9.17, 15) is 14.4 Å². The van der Waals surface area contributed by atoms with Gasteiger partial charge in [0.25, 0.3) is 5.91 Å². The number of likely N-dealkylation sites (tertiary alicyclic amines) is 1. The number of carbonyl (C=O) groups is 2. The van der Waals surface area contributed by atoms with Crippen molar-refractivity contribution >= 4 is 22.6 Å². The number of Topliss-reactive ketones (excluding diaryl/α,β-unsaturated/α-hetero) is 1. The first kappa shape index (κ1) is 18.9. The molecule has 3 heterocycles.